The van der Waals surface area contributed by atoms with Gasteiger partial charge in [0.15, 0.2) is 0 Å². The smallest absolute Gasteiger partial charge is 1.00 e. The molecule has 0 saturated carbocycles. The van der Waals surface area contributed by atoms with E-state index < -0.39 is 21.3 Å². The fourth-order valence-electron chi connectivity index (χ4n) is 9.36. The summed E-state index contributed by atoms with van der Waals surface area (Å²) in [6.45, 7) is 34.2. The molecule has 0 bridgehead atoms. The molecule has 0 N–H and O–H groups in total. The largest absolute Gasteiger partial charge is 1.00 e. The van der Waals surface area contributed by atoms with Gasteiger partial charge in [-0.1, -0.05) is 0 Å². The molecule has 0 heterocycles. The van der Waals surface area contributed by atoms with E-state index in [1.807, 2.05) is 3.28 Å². The zero-order valence-electron chi connectivity index (χ0n) is 35.5. The standard InChI is InChI=1S/C21H25.C17H29.C13H10.2ClH.Zr/c1-20(2,3)16-7-9-18-14(12-16)11-15-13-17(21(4,5)6)8-10-19(15)18;1-10(2)14-9-15(11(3)4)17(13(7)8)16(14)12(5)6;1-3-7-12(8-4-1)11-13-9-5-2-6-10-13;;;/h7-13H,1-6H3;10-14H,1-8H3;1-10H;2*1H;/q;;;;;+2/p-2. The topological polar surface area (TPSA) is 0 Å². The van der Waals surface area contributed by atoms with Crippen molar-refractivity contribution < 1.29 is 46.1 Å². The van der Waals surface area contributed by atoms with Gasteiger partial charge in [0.25, 0.3) is 0 Å². The summed E-state index contributed by atoms with van der Waals surface area (Å²) in [7, 11) is 0. The van der Waals surface area contributed by atoms with Crippen LogP contribution in [0.2, 0.25) is 0 Å². The Balaban J connectivity index is 0.00000325. The Morgan fingerprint density at radius 3 is 1.26 bits per heavy atom. The van der Waals surface area contributed by atoms with Crippen molar-refractivity contribution in [1.29, 1.82) is 0 Å². The van der Waals surface area contributed by atoms with E-state index in [0.717, 1.165) is 0 Å². The monoisotopic (exact) mass is 836 g/mol. The minimum absolute atomic E-state index is 0. The number of allylic oxidation sites excluding steroid dienone is 4. The van der Waals surface area contributed by atoms with Gasteiger partial charge < -0.3 is 24.8 Å². The van der Waals surface area contributed by atoms with Crippen LogP contribution in [0.4, 0.5) is 0 Å². The van der Waals surface area contributed by atoms with Gasteiger partial charge in [0.1, 0.15) is 0 Å². The molecular formula is C51H64Cl2Zr. The molecule has 286 valence electrons. The predicted molar refractivity (Wildman–Crippen MR) is 224 cm³/mol. The molecular weight excluding hydrogens is 775 g/mol. The number of hydrogen-bond acceptors (Lipinski definition) is 0. The van der Waals surface area contributed by atoms with Gasteiger partial charge in [0.2, 0.25) is 0 Å². The maximum absolute atomic E-state index is 3.12. The Hall–Kier alpha value is -2.31. The summed E-state index contributed by atoms with van der Waals surface area (Å²) in [5, 5.41) is 0. The van der Waals surface area contributed by atoms with E-state index in [1.54, 1.807) is 31.1 Å². The fraction of sp³-hybridized carbons (Fsp3) is 0.431. The molecule has 2 aliphatic rings. The summed E-state index contributed by atoms with van der Waals surface area (Å²) < 4.78 is 3.88. The van der Waals surface area contributed by atoms with Crippen LogP contribution >= 0.6 is 0 Å². The normalized spacial score (nSPS) is 15.8. The number of fused-ring (bicyclic) bond motifs is 3. The third-order valence-corrected chi connectivity index (χ3v) is 20.2. The van der Waals surface area contributed by atoms with Crippen molar-refractivity contribution in [2.45, 2.75) is 111 Å². The Morgan fingerprint density at radius 2 is 0.926 bits per heavy atom. The first-order chi connectivity index (χ1) is 24.4. The molecule has 0 fully saturated rings. The van der Waals surface area contributed by atoms with Crippen LogP contribution in [0.15, 0.2) is 117 Å². The molecule has 4 aromatic rings. The van der Waals surface area contributed by atoms with Crippen molar-refractivity contribution in [2.75, 3.05) is 0 Å². The van der Waals surface area contributed by atoms with Gasteiger partial charge in [-0.15, -0.1) is 0 Å². The third kappa shape index (κ3) is 8.22. The Labute approximate surface area is 349 Å². The summed E-state index contributed by atoms with van der Waals surface area (Å²) in [5.74, 6) is 2.41. The Morgan fingerprint density at radius 1 is 0.519 bits per heavy atom. The van der Waals surface area contributed by atoms with Crippen LogP contribution in [0.5, 0.6) is 0 Å². The van der Waals surface area contributed by atoms with E-state index in [1.165, 1.54) is 33.4 Å². The van der Waals surface area contributed by atoms with Gasteiger partial charge in [-0.3, -0.25) is 0 Å². The van der Waals surface area contributed by atoms with Gasteiger partial charge in [-0.05, 0) is 0 Å². The summed E-state index contributed by atoms with van der Waals surface area (Å²) in [6.07, 6.45) is 0. The molecule has 1 atom stereocenters. The number of rotatable bonds is 8. The van der Waals surface area contributed by atoms with Crippen LogP contribution in [-0.2, 0) is 32.1 Å². The van der Waals surface area contributed by atoms with Crippen molar-refractivity contribution in [3.63, 3.8) is 0 Å². The average molecular weight is 839 g/mol. The second-order valence-corrected chi connectivity index (χ2v) is 24.9. The van der Waals surface area contributed by atoms with Crippen LogP contribution in [0.25, 0.3) is 11.1 Å². The maximum atomic E-state index is 2.65. The van der Waals surface area contributed by atoms with Crippen molar-refractivity contribution in [2.24, 2.45) is 29.6 Å². The Kier molecular flexibility index (Phi) is 14.0. The van der Waals surface area contributed by atoms with Crippen LogP contribution in [0, 0.1) is 29.6 Å². The van der Waals surface area contributed by atoms with E-state index in [4.69, 9.17) is 0 Å². The molecule has 1 unspecified atom stereocenters. The molecule has 6 rings (SSSR count). The van der Waals surface area contributed by atoms with Gasteiger partial charge >= 0.3 is 327 Å². The molecule has 0 aromatic heterocycles. The minimum atomic E-state index is -3.12. The maximum Gasteiger partial charge on any atom is -1.00 e. The van der Waals surface area contributed by atoms with E-state index in [9.17, 15) is 0 Å². The second-order valence-electron chi connectivity index (χ2n) is 18.9. The summed E-state index contributed by atoms with van der Waals surface area (Å²) in [6, 6.07) is 38.3. The van der Waals surface area contributed by atoms with Crippen LogP contribution in [0.3, 0.4) is 0 Å². The summed E-state index contributed by atoms with van der Waals surface area (Å²) in [5.41, 5.74) is 17.0. The SMILES string of the molecule is CC(C)C1=C(C(C)C)C(C(C)C)[C]([Zr+2](=[C](c2ccccc2)c2ccccc2)[CH]2c3cc(C(C)(C)C)ccc3-c3ccc(C(C)(C)C)cc32)=C1C(C)C.[Cl-].[Cl-]. The number of hydrogen-bond donors (Lipinski definition) is 0. The van der Waals surface area contributed by atoms with Gasteiger partial charge in [-0.2, -0.15) is 0 Å². The molecule has 4 aromatic carbocycles. The number of halogens is 2. The zero-order chi connectivity index (χ0) is 37.9. The Bertz CT molecular complexity index is 1940. The van der Waals surface area contributed by atoms with Crippen molar-refractivity contribution in [3.8, 4) is 11.1 Å². The van der Waals surface area contributed by atoms with E-state index >= 15 is 0 Å². The van der Waals surface area contributed by atoms with Crippen LogP contribution in [-0.4, -0.2) is 3.21 Å². The minimum Gasteiger partial charge on any atom is -1.00 e. The van der Waals surface area contributed by atoms with Gasteiger partial charge in [0, 0.05) is 0 Å². The molecule has 0 nitrogen and oxygen atoms in total. The van der Waals surface area contributed by atoms with Gasteiger partial charge in [-0.25, -0.2) is 0 Å². The fourth-order valence-corrected chi connectivity index (χ4v) is 20.3. The second kappa shape index (κ2) is 17.0. The predicted octanol–water partition coefficient (Wildman–Crippen LogP) is 8.05. The van der Waals surface area contributed by atoms with Crippen LogP contribution < -0.4 is 24.8 Å². The molecule has 2 aliphatic carbocycles. The van der Waals surface area contributed by atoms with E-state index in [2.05, 4.69) is 194 Å². The summed E-state index contributed by atoms with van der Waals surface area (Å²) >= 11 is -3.12. The van der Waals surface area contributed by atoms with Crippen molar-refractivity contribution in [1.82, 2.24) is 0 Å². The average Bonchev–Trinajstić information content (AvgIpc) is 3.61. The molecule has 54 heavy (non-hydrogen) atoms. The van der Waals surface area contributed by atoms with Crippen molar-refractivity contribution >= 4 is 3.21 Å². The first-order valence-electron chi connectivity index (χ1n) is 20.1. The zero-order valence-corrected chi connectivity index (χ0v) is 39.4. The molecule has 0 radical (unpaired) electrons. The first-order valence-corrected chi connectivity index (χ1v) is 23.9. The molecule has 3 heteroatoms. The van der Waals surface area contributed by atoms with Crippen LogP contribution in [0.1, 0.15) is 134 Å². The molecule has 0 spiro atoms. The number of benzene rings is 4. The van der Waals surface area contributed by atoms with E-state index in [0.29, 0.717) is 33.2 Å². The molecule has 0 amide bonds. The first kappa shape index (κ1) is 44.4. The van der Waals surface area contributed by atoms with Gasteiger partial charge in [0.05, 0.1) is 0 Å². The molecule has 0 aliphatic heterocycles. The van der Waals surface area contributed by atoms with Crippen molar-refractivity contribution in [3.05, 3.63) is 150 Å². The summed E-state index contributed by atoms with van der Waals surface area (Å²) in [4.78, 5) is 0. The third-order valence-electron chi connectivity index (χ3n) is 11.7. The van der Waals surface area contributed by atoms with E-state index in [-0.39, 0.29) is 35.6 Å². The quantitative estimate of drug-likeness (QED) is 0.169. The molecule has 0 saturated heterocycles.